The lowest BCUT2D eigenvalue weighted by molar-refractivity contribution is -0.147. The first-order valence-corrected chi connectivity index (χ1v) is 9.77. The van der Waals surface area contributed by atoms with E-state index in [4.69, 9.17) is 4.74 Å². The van der Waals surface area contributed by atoms with Gasteiger partial charge in [0.05, 0.1) is 17.4 Å². The van der Waals surface area contributed by atoms with E-state index in [0.717, 1.165) is 0 Å². The lowest BCUT2D eigenvalue weighted by Gasteiger charge is -2.36. The zero-order valence-corrected chi connectivity index (χ0v) is 16.7. The number of carbonyl (C=O) groups is 3. The molecule has 3 aliphatic rings. The molecule has 8 heteroatoms. The van der Waals surface area contributed by atoms with E-state index in [1.165, 1.54) is 4.90 Å². The highest BCUT2D eigenvalue weighted by Gasteiger charge is 2.79. The maximum absolute atomic E-state index is 13.4. The molecule has 0 aromatic rings. The average molecular weight is 381 g/mol. The van der Waals surface area contributed by atoms with Crippen molar-refractivity contribution in [3.05, 3.63) is 0 Å². The van der Waals surface area contributed by atoms with Gasteiger partial charge in [0, 0.05) is 26.2 Å². The lowest BCUT2D eigenvalue weighted by atomic mass is 9.62. The van der Waals surface area contributed by atoms with E-state index in [9.17, 15) is 19.5 Å². The summed E-state index contributed by atoms with van der Waals surface area (Å²) in [7, 11) is 1.56. The van der Waals surface area contributed by atoms with Crippen LogP contribution in [0, 0.1) is 17.8 Å². The van der Waals surface area contributed by atoms with Crippen molar-refractivity contribution >= 4 is 17.7 Å². The van der Waals surface area contributed by atoms with Crippen LogP contribution in [0.2, 0.25) is 0 Å². The standard InChI is InChI=1S/C19H31N3O5/c1-10(2)21-16(25)14-19-9-11(3)18(4,27-19)12(15(24)20-5)13(19)17(26)22(14)7-6-8-23/h10-14,23H,6-9H2,1-5H3,(H,20,24)(H,21,25)/t11?,12-,13+,14?,18+,19?/m1/s1. The van der Waals surface area contributed by atoms with Crippen molar-refractivity contribution < 1.29 is 24.2 Å². The van der Waals surface area contributed by atoms with Crippen LogP contribution in [0.1, 0.15) is 40.5 Å². The van der Waals surface area contributed by atoms with Crippen molar-refractivity contribution in [1.82, 2.24) is 15.5 Å². The molecule has 0 saturated carbocycles. The highest BCUT2D eigenvalue weighted by atomic mass is 16.5. The number of aliphatic hydroxyl groups is 1. The summed E-state index contributed by atoms with van der Waals surface area (Å²) < 4.78 is 6.47. The van der Waals surface area contributed by atoms with Gasteiger partial charge in [0.15, 0.2) is 0 Å². The first-order chi connectivity index (χ1) is 12.6. The molecule has 6 atom stereocenters. The van der Waals surface area contributed by atoms with Gasteiger partial charge in [0.25, 0.3) is 0 Å². The van der Waals surface area contributed by atoms with Gasteiger partial charge in [-0.05, 0) is 39.5 Å². The third-order valence-corrected chi connectivity index (χ3v) is 6.58. The summed E-state index contributed by atoms with van der Waals surface area (Å²) in [4.78, 5) is 40.7. The van der Waals surface area contributed by atoms with Crippen molar-refractivity contribution in [1.29, 1.82) is 0 Å². The van der Waals surface area contributed by atoms with Crippen molar-refractivity contribution in [3.8, 4) is 0 Å². The van der Waals surface area contributed by atoms with E-state index in [1.807, 2.05) is 27.7 Å². The molecule has 3 N–H and O–H groups in total. The first-order valence-electron chi connectivity index (χ1n) is 9.77. The normalized spacial score (nSPS) is 39.8. The van der Waals surface area contributed by atoms with Gasteiger partial charge in [-0.3, -0.25) is 14.4 Å². The Hall–Kier alpha value is -1.67. The number of likely N-dealkylation sites (tertiary alicyclic amines) is 1. The summed E-state index contributed by atoms with van der Waals surface area (Å²) in [6, 6.07) is -0.869. The largest absolute Gasteiger partial charge is 0.396 e. The summed E-state index contributed by atoms with van der Waals surface area (Å²) in [6.07, 6.45) is 0.927. The number of hydrogen-bond acceptors (Lipinski definition) is 5. The van der Waals surface area contributed by atoms with Crippen LogP contribution in [0.15, 0.2) is 0 Å². The van der Waals surface area contributed by atoms with Crippen LogP contribution >= 0.6 is 0 Å². The summed E-state index contributed by atoms with van der Waals surface area (Å²) in [6.45, 7) is 7.82. The fourth-order valence-corrected chi connectivity index (χ4v) is 5.44. The van der Waals surface area contributed by atoms with Crippen LogP contribution in [0.3, 0.4) is 0 Å². The highest BCUT2D eigenvalue weighted by Crippen LogP contribution is 2.65. The van der Waals surface area contributed by atoms with Gasteiger partial charge >= 0.3 is 0 Å². The number of nitrogens with one attached hydrogen (secondary N) is 2. The third kappa shape index (κ3) is 2.68. The second-order valence-electron chi connectivity index (χ2n) is 8.59. The molecule has 3 rings (SSSR count). The molecule has 3 heterocycles. The Morgan fingerprint density at radius 2 is 2.04 bits per heavy atom. The summed E-state index contributed by atoms with van der Waals surface area (Å²) in [5.41, 5.74) is -1.78. The second kappa shape index (κ2) is 6.74. The zero-order valence-electron chi connectivity index (χ0n) is 16.7. The van der Waals surface area contributed by atoms with E-state index >= 15 is 0 Å². The molecule has 0 aliphatic carbocycles. The first kappa shape index (κ1) is 20.1. The number of ether oxygens (including phenoxy) is 1. The van der Waals surface area contributed by atoms with Crippen LogP contribution in [0.4, 0.5) is 0 Å². The number of aliphatic hydroxyl groups excluding tert-OH is 1. The molecule has 3 amide bonds. The molecule has 0 aromatic carbocycles. The number of hydrogen-bond donors (Lipinski definition) is 3. The zero-order chi connectivity index (χ0) is 20.1. The number of rotatable bonds is 6. The van der Waals surface area contributed by atoms with Gasteiger partial charge < -0.3 is 25.4 Å². The monoisotopic (exact) mass is 381 g/mol. The van der Waals surface area contributed by atoms with E-state index in [-0.39, 0.29) is 42.8 Å². The highest BCUT2D eigenvalue weighted by molar-refractivity contribution is 5.99. The smallest absolute Gasteiger partial charge is 0.246 e. The van der Waals surface area contributed by atoms with Gasteiger partial charge in [-0.25, -0.2) is 0 Å². The van der Waals surface area contributed by atoms with Crippen molar-refractivity contribution in [2.75, 3.05) is 20.2 Å². The van der Waals surface area contributed by atoms with Crippen LogP contribution in [0.25, 0.3) is 0 Å². The van der Waals surface area contributed by atoms with Gasteiger partial charge in [-0.15, -0.1) is 0 Å². The number of carbonyl (C=O) groups excluding carboxylic acids is 3. The summed E-state index contributed by atoms with van der Waals surface area (Å²) in [5, 5.41) is 14.8. The molecule has 152 valence electrons. The Morgan fingerprint density at radius 1 is 1.37 bits per heavy atom. The number of nitrogens with zero attached hydrogens (tertiary/aromatic N) is 1. The molecular formula is C19H31N3O5. The molecule has 27 heavy (non-hydrogen) atoms. The topological polar surface area (TPSA) is 108 Å². The molecule has 1 spiro atoms. The Labute approximate surface area is 160 Å². The van der Waals surface area contributed by atoms with Gasteiger partial charge in [-0.1, -0.05) is 6.92 Å². The molecule has 3 fully saturated rings. The molecule has 3 unspecified atom stereocenters. The van der Waals surface area contributed by atoms with Gasteiger partial charge in [-0.2, -0.15) is 0 Å². The van der Waals surface area contributed by atoms with Crippen molar-refractivity contribution in [2.45, 2.75) is 63.8 Å². The Morgan fingerprint density at radius 3 is 2.59 bits per heavy atom. The summed E-state index contributed by atoms with van der Waals surface area (Å²) in [5.74, 6) is -1.98. The van der Waals surface area contributed by atoms with Crippen molar-refractivity contribution in [2.24, 2.45) is 17.8 Å². The minimum absolute atomic E-state index is 0.0380. The Kier molecular flexibility index (Phi) is 5.01. The second-order valence-corrected chi connectivity index (χ2v) is 8.59. The lowest BCUT2D eigenvalue weighted by Crippen LogP contribution is -2.56. The fourth-order valence-electron chi connectivity index (χ4n) is 5.44. The Bertz CT molecular complexity index is 653. The molecule has 3 saturated heterocycles. The average Bonchev–Trinajstić information content (AvgIpc) is 3.09. The van der Waals surface area contributed by atoms with E-state index < -0.39 is 29.1 Å². The van der Waals surface area contributed by atoms with Crippen LogP contribution < -0.4 is 10.6 Å². The van der Waals surface area contributed by atoms with Crippen LogP contribution in [-0.2, 0) is 19.1 Å². The predicted octanol–water partition coefficient (Wildman–Crippen LogP) is -0.350. The van der Waals surface area contributed by atoms with E-state index in [1.54, 1.807) is 7.05 Å². The predicted molar refractivity (Wildman–Crippen MR) is 97.5 cm³/mol. The van der Waals surface area contributed by atoms with Gasteiger partial charge in [0.1, 0.15) is 11.6 Å². The molecular weight excluding hydrogens is 350 g/mol. The molecule has 8 nitrogen and oxygen atoms in total. The minimum Gasteiger partial charge on any atom is -0.396 e. The van der Waals surface area contributed by atoms with Crippen molar-refractivity contribution in [3.63, 3.8) is 0 Å². The van der Waals surface area contributed by atoms with Crippen LogP contribution in [0.5, 0.6) is 0 Å². The summed E-state index contributed by atoms with van der Waals surface area (Å²) >= 11 is 0. The molecule has 0 aromatic heterocycles. The maximum Gasteiger partial charge on any atom is 0.246 e. The number of fused-ring (bicyclic) bond motifs is 1. The quantitative estimate of drug-likeness (QED) is 0.583. The fraction of sp³-hybridized carbons (Fsp3) is 0.842. The van der Waals surface area contributed by atoms with E-state index in [0.29, 0.717) is 12.8 Å². The Balaban J connectivity index is 2.08. The minimum atomic E-state index is -1.00. The maximum atomic E-state index is 13.4. The van der Waals surface area contributed by atoms with Crippen LogP contribution in [-0.4, -0.2) is 71.2 Å². The molecule has 0 radical (unpaired) electrons. The SMILES string of the molecule is CNC(=O)[C@H]1[C@H]2C(=O)N(CCCO)C(C(=O)NC(C)C)C23CC(C)[C@]1(C)O3. The van der Waals surface area contributed by atoms with Gasteiger partial charge in [0.2, 0.25) is 17.7 Å². The third-order valence-electron chi connectivity index (χ3n) is 6.58. The molecule has 3 aliphatic heterocycles. The number of amides is 3. The van der Waals surface area contributed by atoms with E-state index in [2.05, 4.69) is 10.6 Å². The molecule has 2 bridgehead atoms.